The second kappa shape index (κ2) is 4.54. The van der Waals surface area contributed by atoms with Crippen molar-refractivity contribution in [2.45, 2.75) is 31.4 Å². The van der Waals surface area contributed by atoms with E-state index in [1.54, 1.807) is 0 Å². The van der Waals surface area contributed by atoms with Gasteiger partial charge in [-0.15, -0.1) is 0 Å². The molecule has 1 aromatic rings. The number of benzene rings is 1. The summed E-state index contributed by atoms with van der Waals surface area (Å²) >= 11 is 0. The Morgan fingerprint density at radius 2 is 2.11 bits per heavy atom. The highest BCUT2D eigenvalue weighted by Gasteiger charge is 2.30. The molecule has 2 nitrogen and oxygen atoms in total. The van der Waals surface area contributed by atoms with Gasteiger partial charge in [-0.3, -0.25) is 0 Å². The monoisotopic (exact) mass is 248 g/mol. The van der Waals surface area contributed by atoms with Crippen LogP contribution in [0.25, 0.3) is 0 Å². The van der Waals surface area contributed by atoms with E-state index in [1.807, 2.05) is 0 Å². The first-order valence-electron chi connectivity index (χ1n) is 6.88. The van der Waals surface area contributed by atoms with Gasteiger partial charge in [0.25, 0.3) is 0 Å². The molecule has 2 atom stereocenters. The maximum atomic E-state index is 13.2. The molecule has 0 saturated carbocycles. The van der Waals surface area contributed by atoms with Crippen LogP contribution in [0.3, 0.4) is 0 Å². The molecular formula is C15H21FN2. The fourth-order valence-electron chi connectivity index (χ4n) is 3.09. The van der Waals surface area contributed by atoms with Crippen molar-refractivity contribution < 1.29 is 4.39 Å². The molecule has 0 bridgehead atoms. The fourth-order valence-corrected chi connectivity index (χ4v) is 3.09. The van der Waals surface area contributed by atoms with Gasteiger partial charge >= 0.3 is 0 Å². The standard InChI is InChI=1S/C15H21FN2/c1-15(7-8-17-11-15)12-2-4-14(5-3-12)18-9-6-13(16)10-18/h2-5,13,17H,6-11H2,1H3. The molecule has 2 aliphatic rings. The van der Waals surface area contributed by atoms with Gasteiger partial charge in [-0.05, 0) is 37.1 Å². The molecule has 3 heteroatoms. The summed E-state index contributed by atoms with van der Waals surface area (Å²) in [4.78, 5) is 2.14. The van der Waals surface area contributed by atoms with Crippen molar-refractivity contribution in [3.63, 3.8) is 0 Å². The molecule has 2 fully saturated rings. The van der Waals surface area contributed by atoms with Crippen LogP contribution in [-0.2, 0) is 5.41 Å². The molecule has 18 heavy (non-hydrogen) atoms. The van der Waals surface area contributed by atoms with E-state index >= 15 is 0 Å². The summed E-state index contributed by atoms with van der Waals surface area (Å²) in [7, 11) is 0. The van der Waals surface area contributed by atoms with E-state index in [2.05, 4.69) is 41.4 Å². The van der Waals surface area contributed by atoms with E-state index in [-0.39, 0.29) is 5.41 Å². The SMILES string of the molecule is CC1(c2ccc(N3CCC(F)C3)cc2)CCNC1. The maximum absolute atomic E-state index is 13.2. The second-order valence-electron chi connectivity index (χ2n) is 5.87. The molecule has 2 unspecified atom stereocenters. The number of nitrogens with zero attached hydrogens (tertiary/aromatic N) is 1. The number of halogens is 1. The van der Waals surface area contributed by atoms with E-state index in [0.717, 1.165) is 25.3 Å². The lowest BCUT2D eigenvalue weighted by molar-refractivity contribution is 0.364. The van der Waals surface area contributed by atoms with Gasteiger partial charge < -0.3 is 10.2 Å². The van der Waals surface area contributed by atoms with Crippen molar-refractivity contribution in [2.75, 3.05) is 31.1 Å². The van der Waals surface area contributed by atoms with Crippen LogP contribution in [-0.4, -0.2) is 32.4 Å². The minimum atomic E-state index is -0.652. The van der Waals surface area contributed by atoms with Gasteiger partial charge in [0.2, 0.25) is 0 Å². The lowest BCUT2D eigenvalue weighted by Crippen LogP contribution is -2.25. The number of rotatable bonds is 2. The predicted octanol–water partition coefficient (Wildman–Crippen LogP) is 2.49. The van der Waals surface area contributed by atoms with Crippen LogP contribution in [0.5, 0.6) is 0 Å². The lowest BCUT2D eigenvalue weighted by Gasteiger charge is -2.25. The first-order chi connectivity index (χ1) is 8.67. The van der Waals surface area contributed by atoms with Crippen molar-refractivity contribution in [1.82, 2.24) is 5.32 Å². The topological polar surface area (TPSA) is 15.3 Å². The Labute approximate surface area is 108 Å². The summed E-state index contributed by atoms with van der Waals surface area (Å²) < 4.78 is 13.2. The maximum Gasteiger partial charge on any atom is 0.119 e. The van der Waals surface area contributed by atoms with Gasteiger partial charge in [-0.1, -0.05) is 19.1 Å². The third-order valence-electron chi connectivity index (χ3n) is 4.43. The molecule has 2 heterocycles. The number of nitrogens with one attached hydrogen (secondary N) is 1. The van der Waals surface area contributed by atoms with E-state index in [1.165, 1.54) is 12.0 Å². The minimum Gasteiger partial charge on any atom is -0.369 e. The Hall–Kier alpha value is -1.09. The summed E-state index contributed by atoms with van der Waals surface area (Å²) in [5.41, 5.74) is 2.83. The zero-order valence-corrected chi connectivity index (χ0v) is 11.0. The summed E-state index contributed by atoms with van der Waals surface area (Å²) in [6.07, 6.45) is 1.22. The van der Waals surface area contributed by atoms with Gasteiger partial charge in [-0.2, -0.15) is 0 Å². The lowest BCUT2D eigenvalue weighted by atomic mass is 9.82. The van der Waals surface area contributed by atoms with Crippen LogP contribution >= 0.6 is 0 Å². The average Bonchev–Trinajstić information content (AvgIpc) is 3.00. The molecule has 1 N–H and O–H groups in total. The fraction of sp³-hybridized carbons (Fsp3) is 0.600. The third kappa shape index (κ3) is 2.12. The zero-order valence-electron chi connectivity index (χ0n) is 11.0. The minimum absolute atomic E-state index is 0.270. The average molecular weight is 248 g/mol. The number of alkyl halides is 1. The predicted molar refractivity (Wildman–Crippen MR) is 73.0 cm³/mol. The molecule has 0 radical (unpaired) electrons. The molecule has 98 valence electrons. The van der Waals surface area contributed by atoms with Crippen molar-refractivity contribution >= 4 is 5.69 Å². The molecule has 0 aliphatic carbocycles. The number of anilines is 1. The molecule has 1 aromatic carbocycles. The van der Waals surface area contributed by atoms with E-state index in [9.17, 15) is 4.39 Å². The summed E-state index contributed by atoms with van der Waals surface area (Å²) in [6, 6.07) is 8.73. The van der Waals surface area contributed by atoms with Crippen LogP contribution in [0.1, 0.15) is 25.3 Å². The molecule has 2 aliphatic heterocycles. The molecule has 0 amide bonds. The normalized spacial score (nSPS) is 32.1. The van der Waals surface area contributed by atoms with Gasteiger partial charge in [0.15, 0.2) is 0 Å². The molecular weight excluding hydrogens is 227 g/mol. The van der Waals surface area contributed by atoms with Crippen molar-refractivity contribution in [3.8, 4) is 0 Å². The van der Waals surface area contributed by atoms with E-state index < -0.39 is 6.17 Å². The van der Waals surface area contributed by atoms with E-state index in [4.69, 9.17) is 0 Å². The molecule has 2 saturated heterocycles. The largest absolute Gasteiger partial charge is 0.369 e. The van der Waals surface area contributed by atoms with Gasteiger partial charge in [0.05, 0.1) is 0 Å². The molecule has 3 rings (SSSR count). The van der Waals surface area contributed by atoms with Gasteiger partial charge in [0.1, 0.15) is 6.17 Å². The quantitative estimate of drug-likeness (QED) is 0.865. The Bertz CT molecular complexity index is 409. The van der Waals surface area contributed by atoms with E-state index in [0.29, 0.717) is 13.0 Å². The summed E-state index contributed by atoms with van der Waals surface area (Å²) in [5, 5.41) is 3.43. The first kappa shape index (κ1) is 12.0. The van der Waals surface area contributed by atoms with Crippen LogP contribution < -0.4 is 10.2 Å². The molecule has 0 spiro atoms. The highest BCUT2D eigenvalue weighted by Crippen LogP contribution is 2.32. The Kier molecular flexibility index (Phi) is 3.02. The Balaban J connectivity index is 1.77. The van der Waals surface area contributed by atoms with Gasteiger partial charge in [0, 0.05) is 30.7 Å². The molecule has 0 aromatic heterocycles. The Morgan fingerprint density at radius 3 is 2.67 bits per heavy atom. The van der Waals surface area contributed by atoms with Gasteiger partial charge in [-0.25, -0.2) is 4.39 Å². The first-order valence-corrected chi connectivity index (χ1v) is 6.88. The van der Waals surface area contributed by atoms with Crippen LogP contribution in [0.4, 0.5) is 10.1 Å². The third-order valence-corrected chi connectivity index (χ3v) is 4.43. The van der Waals surface area contributed by atoms with Crippen molar-refractivity contribution in [2.24, 2.45) is 0 Å². The highest BCUT2D eigenvalue weighted by molar-refractivity contribution is 5.50. The summed E-state index contributed by atoms with van der Waals surface area (Å²) in [5.74, 6) is 0. The van der Waals surface area contributed by atoms with Crippen LogP contribution in [0.2, 0.25) is 0 Å². The zero-order chi connectivity index (χ0) is 12.6. The van der Waals surface area contributed by atoms with Crippen LogP contribution in [0, 0.1) is 0 Å². The second-order valence-corrected chi connectivity index (χ2v) is 5.87. The summed E-state index contributed by atoms with van der Waals surface area (Å²) in [6.45, 7) is 5.88. The Morgan fingerprint density at radius 1 is 1.33 bits per heavy atom. The van der Waals surface area contributed by atoms with Crippen LogP contribution in [0.15, 0.2) is 24.3 Å². The van der Waals surface area contributed by atoms with Crippen molar-refractivity contribution in [3.05, 3.63) is 29.8 Å². The van der Waals surface area contributed by atoms with Crippen molar-refractivity contribution in [1.29, 1.82) is 0 Å². The number of hydrogen-bond acceptors (Lipinski definition) is 2. The number of hydrogen-bond donors (Lipinski definition) is 1. The smallest absolute Gasteiger partial charge is 0.119 e. The highest BCUT2D eigenvalue weighted by atomic mass is 19.1.